The van der Waals surface area contributed by atoms with E-state index in [4.69, 9.17) is 4.74 Å². The van der Waals surface area contributed by atoms with Gasteiger partial charge in [-0.15, -0.1) is 22.7 Å². The van der Waals surface area contributed by atoms with Crippen molar-refractivity contribution in [2.75, 3.05) is 31.5 Å². The minimum absolute atomic E-state index is 0. The third-order valence-corrected chi connectivity index (χ3v) is 8.62. The van der Waals surface area contributed by atoms with Crippen LogP contribution in [-0.2, 0) is 19.9 Å². The van der Waals surface area contributed by atoms with Crippen LogP contribution in [0.4, 0.5) is 5.82 Å². The first-order valence-electron chi connectivity index (χ1n) is 10.9. The lowest BCUT2D eigenvalue weighted by atomic mass is 9.83. The third kappa shape index (κ3) is 4.80. The van der Waals surface area contributed by atoms with Crippen molar-refractivity contribution in [3.8, 4) is 0 Å². The summed E-state index contributed by atoms with van der Waals surface area (Å²) >= 11 is 2.66. The molecule has 2 N–H and O–H groups in total. The molecule has 1 atom stereocenters. The van der Waals surface area contributed by atoms with Gasteiger partial charge >= 0.3 is 5.97 Å². The largest absolute Gasteiger partial charge is 1.00 e. The van der Waals surface area contributed by atoms with Gasteiger partial charge in [-0.2, -0.15) is 0 Å². The molecule has 1 amide bonds. The Kier molecular flexibility index (Phi) is 7.48. The molecular formula is C23H25BrN4O4S2. The van der Waals surface area contributed by atoms with Gasteiger partial charge in [0.25, 0.3) is 5.91 Å². The van der Waals surface area contributed by atoms with Gasteiger partial charge in [0.05, 0.1) is 29.0 Å². The summed E-state index contributed by atoms with van der Waals surface area (Å²) < 4.78 is 6.58. The number of thiophene rings is 2. The van der Waals surface area contributed by atoms with E-state index in [1.165, 1.54) is 35.1 Å². The third-order valence-electron chi connectivity index (χ3n) is 6.66. The number of aliphatic hydroxyl groups is 1. The summed E-state index contributed by atoms with van der Waals surface area (Å²) in [4.78, 5) is 35.3. The number of rotatable bonds is 7. The van der Waals surface area contributed by atoms with Crippen LogP contribution >= 0.6 is 22.7 Å². The number of anilines is 1. The van der Waals surface area contributed by atoms with Crippen molar-refractivity contribution in [3.63, 3.8) is 0 Å². The number of piperidine rings is 3. The SMILES string of the molecule is O=C(C[N+]12CCC(CC1)[C@@H](OC(=O)C(O)(c1cccs1)c1cccs1)C2)Nc1cnccn1.[Br-]. The maximum atomic E-state index is 13.4. The van der Waals surface area contributed by atoms with Crippen LogP contribution in [-0.4, -0.2) is 63.7 Å². The number of ether oxygens (including phenoxy) is 1. The normalized spacial score (nSPS) is 23.7. The lowest BCUT2D eigenvalue weighted by Gasteiger charge is -2.51. The highest BCUT2D eigenvalue weighted by Crippen LogP contribution is 2.40. The number of amides is 1. The highest BCUT2D eigenvalue weighted by Gasteiger charge is 2.51. The average molecular weight is 566 g/mol. The van der Waals surface area contributed by atoms with E-state index in [2.05, 4.69) is 15.3 Å². The van der Waals surface area contributed by atoms with E-state index in [1.54, 1.807) is 18.3 Å². The van der Waals surface area contributed by atoms with Crippen molar-refractivity contribution >= 4 is 40.4 Å². The summed E-state index contributed by atoms with van der Waals surface area (Å²) in [6, 6.07) is 7.14. The van der Waals surface area contributed by atoms with Crippen molar-refractivity contribution in [1.82, 2.24) is 9.97 Å². The predicted molar refractivity (Wildman–Crippen MR) is 125 cm³/mol. The molecule has 3 aromatic heterocycles. The van der Waals surface area contributed by atoms with Gasteiger partial charge in [-0.05, 0) is 22.9 Å². The molecule has 3 fully saturated rings. The quantitative estimate of drug-likeness (QED) is 0.300. The molecule has 180 valence electrons. The molecule has 2 bridgehead atoms. The van der Waals surface area contributed by atoms with E-state index in [0.717, 1.165) is 25.9 Å². The van der Waals surface area contributed by atoms with E-state index in [-0.39, 0.29) is 41.5 Å². The summed E-state index contributed by atoms with van der Waals surface area (Å²) in [5, 5.41) is 18.0. The van der Waals surface area contributed by atoms with E-state index < -0.39 is 11.6 Å². The summed E-state index contributed by atoms with van der Waals surface area (Å²) in [6.07, 6.45) is 6.03. The van der Waals surface area contributed by atoms with Gasteiger partial charge in [0.1, 0.15) is 6.54 Å². The second-order valence-corrected chi connectivity index (χ2v) is 10.6. The molecule has 3 aliphatic heterocycles. The fourth-order valence-electron chi connectivity index (χ4n) is 4.94. The topological polar surface area (TPSA) is 101 Å². The van der Waals surface area contributed by atoms with Crippen LogP contribution in [0.25, 0.3) is 0 Å². The fourth-order valence-corrected chi connectivity index (χ4v) is 6.66. The zero-order valence-corrected chi connectivity index (χ0v) is 21.5. The predicted octanol–water partition coefficient (Wildman–Crippen LogP) is -0.370. The maximum Gasteiger partial charge on any atom is 0.349 e. The number of nitrogens with zero attached hydrogens (tertiary/aromatic N) is 3. The van der Waals surface area contributed by atoms with Crippen molar-refractivity contribution in [2.45, 2.75) is 24.5 Å². The van der Waals surface area contributed by atoms with Crippen LogP contribution in [0, 0.1) is 5.92 Å². The zero-order valence-electron chi connectivity index (χ0n) is 18.3. The number of nitrogens with one attached hydrogen (secondary N) is 1. The van der Waals surface area contributed by atoms with Gasteiger partial charge < -0.3 is 36.6 Å². The number of hydrogen-bond donors (Lipinski definition) is 2. The van der Waals surface area contributed by atoms with Crippen LogP contribution < -0.4 is 22.3 Å². The van der Waals surface area contributed by atoms with Crippen molar-refractivity contribution in [3.05, 3.63) is 63.4 Å². The van der Waals surface area contributed by atoms with Gasteiger partial charge in [0.2, 0.25) is 5.60 Å². The number of carbonyl (C=O) groups is 2. The standard InChI is InChI=1S/C23H24N4O4S2.BrH/c28-21(26-20-13-24-7-8-25-20)15-27-9-5-16(6-10-27)17(14-27)31-22(29)23(30,18-3-1-11-32-18)19-4-2-12-33-19;/h1-4,7-8,11-13,16-17,30H,5-6,9-10,14-15H2;1H/t16?,17-,27?;/m0./s1. The van der Waals surface area contributed by atoms with Crippen molar-refractivity contribution in [2.24, 2.45) is 5.92 Å². The Morgan fingerprint density at radius 1 is 1.15 bits per heavy atom. The van der Waals surface area contributed by atoms with Crippen molar-refractivity contribution in [1.29, 1.82) is 0 Å². The molecule has 0 aliphatic carbocycles. The average Bonchev–Trinajstić information content (AvgIpc) is 3.54. The lowest BCUT2D eigenvalue weighted by molar-refractivity contribution is -0.939. The van der Waals surface area contributed by atoms with Crippen LogP contribution in [0.3, 0.4) is 0 Å². The Morgan fingerprint density at radius 3 is 2.38 bits per heavy atom. The summed E-state index contributed by atoms with van der Waals surface area (Å²) in [5.41, 5.74) is -1.82. The number of carbonyl (C=O) groups excluding carboxylic acids is 2. The Balaban J connectivity index is 0.00000274. The highest BCUT2D eigenvalue weighted by molar-refractivity contribution is 7.12. The second kappa shape index (κ2) is 10.2. The van der Waals surface area contributed by atoms with Crippen LogP contribution in [0.15, 0.2) is 53.6 Å². The smallest absolute Gasteiger partial charge is 0.349 e. The van der Waals surface area contributed by atoms with E-state index >= 15 is 0 Å². The molecule has 34 heavy (non-hydrogen) atoms. The molecule has 0 spiro atoms. The number of esters is 1. The minimum atomic E-state index is -1.82. The molecule has 6 heterocycles. The van der Waals surface area contributed by atoms with Gasteiger partial charge in [0.15, 0.2) is 18.5 Å². The molecular weight excluding hydrogens is 540 g/mol. The molecule has 3 saturated heterocycles. The summed E-state index contributed by atoms with van der Waals surface area (Å²) in [5.74, 6) is -0.108. The van der Waals surface area contributed by atoms with Crippen molar-refractivity contribution < 1.29 is 40.9 Å². The summed E-state index contributed by atoms with van der Waals surface area (Å²) in [6.45, 7) is 2.59. The first-order chi connectivity index (χ1) is 16.0. The van der Waals surface area contributed by atoms with Gasteiger partial charge in [-0.1, -0.05) is 12.1 Å². The second-order valence-electron chi connectivity index (χ2n) is 8.71. The maximum absolute atomic E-state index is 13.4. The lowest BCUT2D eigenvalue weighted by Crippen LogP contribution is -3.00. The molecule has 0 saturated carbocycles. The van der Waals surface area contributed by atoms with E-state index in [9.17, 15) is 14.7 Å². The number of hydrogen-bond acceptors (Lipinski definition) is 8. The first-order valence-corrected chi connectivity index (χ1v) is 12.7. The Hall–Kier alpha value is -2.18. The zero-order chi connectivity index (χ0) is 22.9. The number of quaternary nitrogens is 1. The Bertz CT molecular complexity index is 1070. The molecule has 8 nitrogen and oxygen atoms in total. The number of halogens is 1. The Morgan fingerprint density at radius 2 is 1.82 bits per heavy atom. The minimum Gasteiger partial charge on any atom is -1.00 e. The van der Waals surface area contributed by atoms with Gasteiger partial charge in [0, 0.05) is 31.2 Å². The van der Waals surface area contributed by atoms with Crippen LogP contribution in [0.5, 0.6) is 0 Å². The Labute approximate surface area is 216 Å². The molecule has 3 aromatic rings. The molecule has 0 unspecified atom stereocenters. The van der Waals surface area contributed by atoms with Crippen LogP contribution in [0.1, 0.15) is 22.6 Å². The van der Waals surface area contributed by atoms with E-state index in [1.807, 2.05) is 22.9 Å². The van der Waals surface area contributed by atoms with E-state index in [0.29, 0.717) is 26.6 Å². The van der Waals surface area contributed by atoms with Gasteiger partial charge in [-0.3, -0.25) is 9.78 Å². The highest BCUT2D eigenvalue weighted by atomic mass is 79.9. The first kappa shape index (κ1) is 24.9. The molecule has 0 radical (unpaired) electrons. The molecule has 11 heteroatoms. The van der Waals surface area contributed by atoms with Crippen LogP contribution in [0.2, 0.25) is 0 Å². The van der Waals surface area contributed by atoms with Gasteiger partial charge in [-0.25, -0.2) is 9.78 Å². The molecule has 6 rings (SSSR count). The fraction of sp³-hybridized carbons (Fsp3) is 0.391. The molecule has 3 aliphatic rings. The number of aromatic nitrogens is 2. The number of fused-ring (bicyclic) bond motifs is 3. The monoisotopic (exact) mass is 564 g/mol. The summed E-state index contributed by atoms with van der Waals surface area (Å²) in [7, 11) is 0. The molecule has 0 aromatic carbocycles.